The van der Waals surface area contributed by atoms with Crippen molar-refractivity contribution < 1.29 is 14.0 Å². The van der Waals surface area contributed by atoms with Crippen molar-refractivity contribution in [1.82, 2.24) is 15.5 Å². The van der Waals surface area contributed by atoms with E-state index < -0.39 is 0 Å². The maximum atomic E-state index is 11.9. The molecule has 2 amide bonds. The minimum Gasteiger partial charge on any atom is -0.421 e. The average Bonchev–Trinajstić information content (AvgIpc) is 3.18. The lowest BCUT2D eigenvalue weighted by Crippen LogP contribution is -2.32. The molecule has 2 N–H and O–H groups in total. The first-order valence-electron chi connectivity index (χ1n) is 8.80. The van der Waals surface area contributed by atoms with Crippen LogP contribution in [0.15, 0.2) is 59.0 Å². The van der Waals surface area contributed by atoms with Crippen LogP contribution in [0.3, 0.4) is 0 Å². The molecule has 0 bridgehead atoms. The molecule has 7 nitrogen and oxygen atoms in total. The molecule has 0 aliphatic carbocycles. The van der Waals surface area contributed by atoms with E-state index in [2.05, 4.69) is 20.8 Å². The van der Waals surface area contributed by atoms with Crippen LogP contribution >= 0.6 is 11.6 Å². The van der Waals surface area contributed by atoms with Crippen molar-refractivity contribution in [3.05, 3.63) is 65.5 Å². The van der Waals surface area contributed by atoms with Crippen molar-refractivity contribution in [3.8, 4) is 11.5 Å². The molecular formula is C20H19ClN4O3. The minimum atomic E-state index is -0.305. The molecule has 1 heterocycles. The summed E-state index contributed by atoms with van der Waals surface area (Å²) in [6.45, 7) is -0.0971. The van der Waals surface area contributed by atoms with Crippen LogP contribution in [-0.2, 0) is 16.0 Å². The highest BCUT2D eigenvalue weighted by Gasteiger charge is 2.10. The standard InChI is InChI=1S/C20H19ClN4O3/c21-15-9-11-16(12-10-15)23-18(27)13-22-17(26)7-4-8-19-24-25-20(28-19)14-5-2-1-3-6-14/h1-3,5-6,9-12H,4,7-8,13H2,(H,22,26)(H,23,27). The Balaban J connectivity index is 1.36. The molecule has 3 aromatic rings. The molecule has 0 spiro atoms. The smallest absolute Gasteiger partial charge is 0.247 e. The Morgan fingerprint density at radius 1 is 0.964 bits per heavy atom. The fourth-order valence-electron chi connectivity index (χ4n) is 2.46. The maximum absolute atomic E-state index is 11.9. The number of carbonyl (C=O) groups is 2. The molecule has 0 saturated heterocycles. The maximum Gasteiger partial charge on any atom is 0.247 e. The van der Waals surface area contributed by atoms with Gasteiger partial charge >= 0.3 is 0 Å². The van der Waals surface area contributed by atoms with Crippen LogP contribution < -0.4 is 10.6 Å². The first kappa shape index (κ1) is 19.6. The molecule has 0 atom stereocenters. The van der Waals surface area contributed by atoms with E-state index in [4.69, 9.17) is 16.0 Å². The summed E-state index contributed by atoms with van der Waals surface area (Å²) in [5, 5.41) is 13.9. The van der Waals surface area contributed by atoms with Gasteiger partial charge in [-0.15, -0.1) is 10.2 Å². The lowest BCUT2D eigenvalue weighted by atomic mass is 10.2. The van der Waals surface area contributed by atoms with E-state index in [1.54, 1.807) is 24.3 Å². The van der Waals surface area contributed by atoms with Gasteiger partial charge < -0.3 is 15.1 Å². The van der Waals surface area contributed by atoms with Crippen molar-refractivity contribution >= 4 is 29.1 Å². The third kappa shape index (κ3) is 5.92. The summed E-state index contributed by atoms with van der Waals surface area (Å²) in [7, 11) is 0. The molecule has 0 radical (unpaired) electrons. The average molecular weight is 399 g/mol. The molecule has 0 aliphatic rings. The highest BCUT2D eigenvalue weighted by atomic mass is 35.5. The van der Waals surface area contributed by atoms with E-state index in [1.165, 1.54) is 0 Å². The number of amides is 2. The summed E-state index contributed by atoms with van der Waals surface area (Å²) in [5.74, 6) is 0.417. The van der Waals surface area contributed by atoms with Crippen LogP contribution in [0.5, 0.6) is 0 Å². The van der Waals surface area contributed by atoms with E-state index in [-0.39, 0.29) is 24.8 Å². The number of aryl methyl sites for hydroxylation is 1. The molecule has 0 unspecified atom stereocenters. The summed E-state index contributed by atoms with van der Waals surface area (Å²) < 4.78 is 5.60. The molecule has 0 aliphatic heterocycles. The second kappa shape index (κ2) is 9.66. The Hall–Kier alpha value is -3.19. The van der Waals surface area contributed by atoms with Gasteiger partial charge in [-0.3, -0.25) is 9.59 Å². The molecule has 0 fully saturated rings. The van der Waals surface area contributed by atoms with Crippen LogP contribution in [0, 0.1) is 0 Å². The molecule has 0 saturated carbocycles. The van der Waals surface area contributed by atoms with Crippen molar-refractivity contribution in [1.29, 1.82) is 0 Å². The molecule has 2 aromatic carbocycles. The number of nitrogens with zero attached hydrogens (tertiary/aromatic N) is 2. The number of carbonyl (C=O) groups excluding carboxylic acids is 2. The predicted molar refractivity (Wildman–Crippen MR) is 106 cm³/mol. The van der Waals surface area contributed by atoms with Crippen LogP contribution in [0.2, 0.25) is 5.02 Å². The first-order valence-corrected chi connectivity index (χ1v) is 9.18. The number of rotatable bonds is 8. The number of anilines is 1. The summed E-state index contributed by atoms with van der Waals surface area (Å²) in [6, 6.07) is 16.2. The lowest BCUT2D eigenvalue weighted by Gasteiger charge is -2.06. The normalized spacial score (nSPS) is 10.5. The minimum absolute atomic E-state index is 0.0971. The summed E-state index contributed by atoms with van der Waals surface area (Å²) in [4.78, 5) is 23.7. The zero-order valence-corrected chi connectivity index (χ0v) is 15.8. The third-order valence-corrected chi connectivity index (χ3v) is 4.11. The second-order valence-electron chi connectivity index (χ2n) is 6.05. The molecule has 144 valence electrons. The Morgan fingerprint density at radius 3 is 2.46 bits per heavy atom. The highest BCUT2D eigenvalue weighted by Crippen LogP contribution is 2.17. The third-order valence-electron chi connectivity index (χ3n) is 3.86. The van der Waals surface area contributed by atoms with Gasteiger partial charge in [-0.05, 0) is 42.8 Å². The zero-order valence-electron chi connectivity index (χ0n) is 15.0. The molecule has 3 rings (SSSR count). The highest BCUT2D eigenvalue weighted by molar-refractivity contribution is 6.30. The van der Waals surface area contributed by atoms with Crippen molar-refractivity contribution in [2.45, 2.75) is 19.3 Å². The Bertz CT molecular complexity index is 926. The number of halogens is 1. The van der Waals surface area contributed by atoms with Crippen molar-refractivity contribution in [2.75, 3.05) is 11.9 Å². The Kier molecular flexibility index (Phi) is 6.75. The fourth-order valence-corrected chi connectivity index (χ4v) is 2.58. The van der Waals surface area contributed by atoms with Crippen LogP contribution in [-0.4, -0.2) is 28.6 Å². The monoisotopic (exact) mass is 398 g/mol. The topological polar surface area (TPSA) is 97.1 Å². The van der Waals surface area contributed by atoms with Gasteiger partial charge in [0.1, 0.15) is 0 Å². The van der Waals surface area contributed by atoms with Gasteiger partial charge in [-0.2, -0.15) is 0 Å². The fraction of sp³-hybridized carbons (Fsp3) is 0.200. The molecule has 28 heavy (non-hydrogen) atoms. The van der Waals surface area contributed by atoms with Crippen molar-refractivity contribution in [2.24, 2.45) is 0 Å². The number of aromatic nitrogens is 2. The summed E-state index contributed by atoms with van der Waals surface area (Å²) >= 11 is 5.79. The van der Waals surface area contributed by atoms with Gasteiger partial charge in [0.2, 0.25) is 23.6 Å². The number of hydrogen-bond acceptors (Lipinski definition) is 5. The largest absolute Gasteiger partial charge is 0.421 e. The van der Waals surface area contributed by atoms with E-state index in [1.807, 2.05) is 30.3 Å². The van der Waals surface area contributed by atoms with Crippen molar-refractivity contribution in [3.63, 3.8) is 0 Å². The molecule has 8 heteroatoms. The predicted octanol–water partition coefficient (Wildman–Crippen LogP) is 3.47. The Labute approximate surface area is 167 Å². The summed E-state index contributed by atoms with van der Waals surface area (Å²) in [6.07, 6.45) is 1.29. The second-order valence-corrected chi connectivity index (χ2v) is 6.49. The SMILES string of the molecule is O=C(CCCc1nnc(-c2ccccc2)o1)NCC(=O)Nc1ccc(Cl)cc1. The quantitative estimate of drug-likeness (QED) is 0.605. The van der Waals surface area contributed by atoms with Crippen LogP contribution in [0.25, 0.3) is 11.5 Å². The number of nitrogens with one attached hydrogen (secondary N) is 2. The van der Waals surface area contributed by atoms with Gasteiger partial charge in [0.15, 0.2) is 0 Å². The van der Waals surface area contributed by atoms with Crippen LogP contribution in [0.1, 0.15) is 18.7 Å². The molecular weight excluding hydrogens is 380 g/mol. The van der Waals surface area contributed by atoms with Gasteiger partial charge in [0, 0.05) is 29.1 Å². The van der Waals surface area contributed by atoms with E-state index in [0.29, 0.717) is 35.3 Å². The van der Waals surface area contributed by atoms with E-state index in [9.17, 15) is 9.59 Å². The first-order chi connectivity index (χ1) is 13.6. The van der Waals surface area contributed by atoms with E-state index in [0.717, 1.165) is 5.56 Å². The molecule has 1 aromatic heterocycles. The van der Waals surface area contributed by atoms with Crippen LogP contribution in [0.4, 0.5) is 5.69 Å². The van der Waals surface area contributed by atoms with E-state index >= 15 is 0 Å². The zero-order chi connectivity index (χ0) is 19.8. The summed E-state index contributed by atoms with van der Waals surface area (Å²) in [5.41, 5.74) is 1.47. The van der Waals surface area contributed by atoms with Gasteiger partial charge in [-0.1, -0.05) is 29.8 Å². The van der Waals surface area contributed by atoms with Gasteiger partial charge in [0.05, 0.1) is 6.54 Å². The lowest BCUT2D eigenvalue weighted by molar-refractivity contribution is -0.124. The Morgan fingerprint density at radius 2 is 1.71 bits per heavy atom. The number of hydrogen-bond donors (Lipinski definition) is 2. The number of benzene rings is 2. The van der Waals surface area contributed by atoms with Gasteiger partial charge in [0.25, 0.3) is 0 Å². The van der Waals surface area contributed by atoms with Gasteiger partial charge in [-0.25, -0.2) is 0 Å².